The summed E-state index contributed by atoms with van der Waals surface area (Å²) >= 11 is 0. The van der Waals surface area contributed by atoms with E-state index < -0.39 is 11.4 Å². The summed E-state index contributed by atoms with van der Waals surface area (Å²) in [5.41, 5.74) is -0.509. The van der Waals surface area contributed by atoms with E-state index in [9.17, 15) is 5.11 Å². The number of rotatable bonds is 2. The summed E-state index contributed by atoms with van der Waals surface area (Å²) in [6, 6.07) is 0. The first-order chi connectivity index (χ1) is 9.18. The van der Waals surface area contributed by atoms with Crippen molar-refractivity contribution in [1.29, 1.82) is 0 Å². The minimum Gasteiger partial charge on any atom is -0.480 e. The number of aromatic nitrogens is 2. The fourth-order valence-corrected chi connectivity index (χ4v) is 2.86. The van der Waals surface area contributed by atoms with E-state index in [4.69, 9.17) is 14.2 Å². The van der Waals surface area contributed by atoms with Gasteiger partial charge in [-0.3, -0.25) is 4.98 Å². The molecular weight excluding hydrogens is 248 g/mol. The molecule has 2 fully saturated rings. The molecule has 0 amide bonds. The highest BCUT2D eigenvalue weighted by Crippen LogP contribution is 2.45. The lowest BCUT2D eigenvalue weighted by molar-refractivity contribution is -0.205. The second-order valence-corrected chi connectivity index (χ2v) is 5.05. The Kier molecular flexibility index (Phi) is 3.16. The highest BCUT2D eigenvalue weighted by Gasteiger charge is 2.48. The number of ether oxygens (including phenoxy) is 3. The zero-order chi connectivity index (χ0) is 13.3. The van der Waals surface area contributed by atoms with Crippen molar-refractivity contribution in [3.8, 4) is 5.88 Å². The first kappa shape index (κ1) is 12.8. The highest BCUT2D eigenvalue weighted by atomic mass is 16.7. The normalized spacial score (nSPS) is 24.5. The number of hydrogen-bond donors (Lipinski definition) is 1. The molecule has 1 aliphatic heterocycles. The Morgan fingerprint density at radius 2 is 1.74 bits per heavy atom. The van der Waals surface area contributed by atoms with Crippen LogP contribution in [0.3, 0.4) is 0 Å². The molecule has 2 aliphatic rings. The first-order valence-corrected chi connectivity index (χ1v) is 6.53. The van der Waals surface area contributed by atoms with Gasteiger partial charge in [-0.2, -0.15) is 0 Å². The van der Waals surface area contributed by atoms with Crippen LogP contribution in [0.15, 0.2) is 12.4 Å². The summed E-state index contributed by atoms with van der Waals surface area (Å²) in [5.74, 6) is -0.115. The van der Waals surface area contributed by atoms with Gasteiger partial charge in [0.1, 0.15) is 11.3 Å². The van der Waals surface area contributed by atoms with Gasteiger partial charge >= 0.3 is 0 Å². The molecule has 1 spiro atoms. The zero-order valence-corrected chi connectivity index (χ0v) is 11.0. The van der Waals surface area contributed by atoms with Crippen LogP contribution < -0.4 is 4.74 Å². The quantitative estimate of drug-likeness (QED) is 0.860. The average molecular weight is 266 g/mol. The van der Waals surface area contributed by atoms with E-state index >= 15 is 0 Å². The summed E-state index contributed by atoms with van der Waals surface area (Å²) in [4.78, 5) is 8.34. The molecule has 1 saturated carbocycles. The fraction of sp³-hybridized carbons (Fsp3) is 0.692. The molecule has 0 atom stereocenters. The number of hydrogen-bond acceptors (Lipinski definition) is 6. The molecule has 0 aromatic carbocycles. The Bertz CT molecular complexity index is 450. The Labute approximate surface area is 111 Å². The van der Waals surface area contributed by atoms with Gasteiger partial charge in [0, 0.05) is 25.2 Å². The predicted octanol–water partition coefficient (Wildman–Crippen LogP) is 0.990. The van der Waals surface area contributed by atoms with Crippen LogP contribution in [0.4, 0.5) is 0 Å². The largest absolute Gasteiger partial charge is 0.480 e. The summed E-state index contributed by atoms with van der Waals surface area (Å²) < 4.78 is 16.5. The number of aliphatic hydroxyl groups is 1. The molecule has 6 heteroatoms. The zero-order valence-electron chi connectivity index (χ0n) is 11.0. The minimum absolute atomic E-state index is 0.384. The van der Waals surface area contributed by atoms with Gasteiger partial charge in [-0.15, -0.1) is 0 Å². The van der Waals surface area contributed by atoms with E-state index in [1.165, 1.54) is 7.11 Å². The van der Waals surface area contributed by atoms with Crippen LogP contribution in [0, 0.1) is 0 Å². The van der Waals surface area contributed by atoms with E-state index in [1.54, 1.807) is 12.4 Å². The average Bonchev–Trinajstić information content (AvgIpc) is 2.91. The second-order valence-electron chi connectivity index (χ2n) is 5.05. The molecule has 1 aliphatic carbocycles. The van der Waals surface area contributed by atoms with E-state index in [1.807, 2.05) is 0 Å². The maximum Gasteiger partial charge on any atom is 0.238 e. The minimum atomic E-state index is -1.01. The Balaban J connectivity index is 1.81. The molecule has 1 aromatic rings. The van der Waals surface area contributed by atoms with E-state index in [0.717, 1.165) is 0 Å². The van der Waals surface area contributed by atoms with Crippen LogP contribution in [0.25, 0.3) is 0 Å². The van der Waals surface area contributed by atoms with Gasteiger partial charge in [0.25, 0.3) is 0 Å². The molecular formula is C13H18N2O4. The Morgan fingerprint density at radius 3 is 2.37 bits per heavy atom. The standard InChI is InChI=1S/C13H18N2O4/c1-17-11-10(14-6-7-15-11)12(16)2-4-13(5-3-12)18-8-9-19-13/h6-7,16H,2-5,8-9H2,1H3. The third-order valence-electron chi connectivity index (χ3n) is 3.95. The van der Waals surface area contributed by atoms with Crippen LogP contribution in [-0.4, -0.2) is 41.2 Å². The van der Waals surface area contributed by atoms with E-state index in [2.05, 4.69) is 9.97 Å². The molecule has 0 unspecified atom stereocenters. The topological polar surface area (TPSA) is 73.7 Å². The lowest BCUT2D eigenvalue weighted by atomic mass is 9.79. The summed E-state index contributed by atoms with van der Waals surface area (Å²) in [7, 11) is 1.53. The SMILES string of the molecule is COc1nccnc1C1(O)CCC2(CC1)OCCO2. The Hall–Kier alpha value is -1.24. The van der Waals surface area contributed by atoms with Gasteiger partial charge in [0.2, 0.25) is 5.88 Å². The van der Waals surface area contributed by atoms with E-state index in [-0.39, 0.29) is 0 Å². The van der Waals surface area contributed by atoms with Crippen LogP contribution in [0.2, 0.25) is 0 Å². The van der Waals surface area contributed by atoms with Crippen molar-refractivity contribution < 1.29 is 19.3 Å². The maximum atomic E-state index is 10.8. The second kappa shape index (κ2) is 4.70. The van der Waals surface area contributed by atoms with Crippen LogP contribution in [-0.2, 0) is 15.1 Å². The molecule has 1 N–H and O–H groups in total. The van der Waals surface area contributed by atoms with Gasteiger partial charge in [0.15, 0.2) is 5.79 Å². The van der Waals surface area contributed by atoms with Crippen molar-refractivity contribution in [2.24, 2.45) is 0 Å². The molecule has 0 radical (unpaired) electrons. The first-order valence-electron chi connectivity index (χ1n) is 6.53. The lowest BCUT2D eigenvalue weighted by Crippen LogP contribution is -2.42. The van der Waals surface area contributed by atoms with Gasteiger partial charge in [-0.1, -0.05) is 0 Å². The van der Waals surface area contributed by atoms with Gasteiger partial charge < -0.3 is 19.3 Å². The van der Waals surface area contributed by atoms with Crippen molar-refractivity contribution in [3.05, 3.63) is 18.1 Å². The molecule has 3 rings (SSSR count). The third kappa shape index (κ3) is 2.20. The van der Waals surface area contributed by atoms with Gasteiger partial charge in [-0.25, -0.2) is 4.98 Å². The van der Waals surface area contributed by atoms with Crippen LogP contribution in [0.1, 0.15) is 31.4 Å². The van der Waals surface area contributed by atoms with Crippen molar-refractivity contribution >= 4 is 0 Å². The van der Waals surface area contributed by atoms with Crippen LogP contribution >= 0.6 is 0 Å². The molecule has 0 bridgehead atoms. The highest BCUT2D eigenvalue weighted by molar-refractivity contribution is 5.25. The monoisotopic (exact) mass is 266 g/mol. The Morgan fingerprint density at radius 1 is 1.11 bits per heavy atom. The maximum absolute atomic E-state index is 10.8. The molecule has 6 nitrogen and oxygen atoms in total. The smallest absolute Gasteiger partial charge is 0.238 e. The van der Waals surface area contributed by atoms with Crippen molar-refractivity contribution in [1.82, 2.24) is 9.97 Å². The molecule has 2 heterocycles. The van der Waals surface area contributed by atoms with Crippen LogP contribution in [0.5, 0.6) is 5.88 Å². The van der Waals surface area contributed by atoms with Crippen molar-refractivity contribution in [2.45, 2.75) is 37.1 Å². The van der Waals surface area contributed by atoms with Crippen molar-refractivity contribution in [2.75, 3.05) is 20.3 Å². The molecule has 1 aromatic heterocycles. The molecule has 104 valence electrons. The van der Waals surface area contributed by atoms with E-state index in [0.29, 0.717) is 50.5 Å². The predicted molar refractivity (Wildman–Crippen MR) is 65.6 cm³/mol. The third-order valence-corrected chi connectivity index (χ3v) is 3.95. The summed E-state index contributed by atoms with van der Waals surface area (Å²) in [6.07, 6.45) is 5.50. The number of methoxy groups -OCH3 is 1. The molecule has 1 saturated heterocycles. The summed E-state index contributed by atoms with van der Waals surface area (Å²) in [6.45, 7) is 1.26. The summed E-state index contributed by atoms with van der Waals surface area (Å²) in [5, 5.41) is 10.8. The van der Waals surface area contributed by atoms with Gasteiger partial charge in [0.05, 0.1) is 20.3 Å². The van der Waals surface area contributed by atoms with Crippen molar-refractivity contribution in [3.63, 3.8) is 0 Å². The van der Waals surface area contributed by atoms with Gasteiger partial charge in [-0.05, 0) is 12.8 Å². The lowest BCUT2D eigenvalue weighted by Gasteiger charge is -2.40. The fourth-order valence-electron chi connectivity index (χ4n) is 2.86. The molecule has 19 heavy (non-hydrogen) atoms. The number of nitrogens with zero attached hydrogens (tertiary/aromatic N) is 2.